The van der Waals surface area contributed by atoms with Crippen molar-refractivity contribution in [3.05, 3.63) is 40.8 Å². The summed E-state index contributed by atoms with van der Waals surface area (Å²) in [6.07, 6.45) is 7.13. The van der Waals surface area contributed by atoms with Gasteiger partial charge in [0.1, 0.15) is 18.3 Å². The van der Waals surface area contributed by atoms with E-state index in [0.29, 0.717) is 12.5 Å². The van der Waals surface area contributed by atoms with Crippen LogP contribution in [0.15, 0.2) is 35.3 Å². The molecule has 1 aromatic heterocycles. The van der Waals surface area contributed by atoms with Crippen molar-refractivity contribution in [2.75, 3.05) is 11.9 Å². The summed E-state index contributed by atoms with van der Waals surface area (Å²) in [5.74, 6) is -1.91. The van der Waals surface area contributed by atoms with E-state index < -0.39 is 29.4 Å². The van der Waals surface area contributed by atoms with Crippen LogP contribution in [0, 0.1) is 5.92 Å². The number of carbonyl (C=O) groups is 4. The number of nitrogens with one attached hydrogen (secondary N) is 3. The Kier molecular flexibility index (Phi) is 12.2. The highest BCUT2D eigenvalue weighted by molar-refractivity contribution is 5.96. The van der Waals surface area contributed by atoms with E-state index >= 15 is 0 Å². The van der Waals surface area contributed by atoms with Crippen molar-refractivity contribution >= 4 is 29.4 Å². The first-order chi connectivity index (χ1) is 15.7. The SMILES string of the molecule is CCC(CC)CCNC(=O)Cn1cccc(NC(=O)C(CC/C=C/C(=O)O)NC(C)=O)c1=O. The van der Waals surface area contributed by atoms with Gasteiger partial charge in [-0.15, -0.1) is 0 Å². The first-order valence-electron chi connectivity index (χ1n) is 11.1. The van der Waals surface area contributed by atoms with Crippen LogP contribution in [0.4, 0.5) is 5.69 Å². The number of carboxylic acids is 1. The van der Waals surface area contributed by atoms with Crippen molar-refractivity contribution < 1.29 is 24.3 Å². The third-order valence-corrected chi connectivity index (χ3v) is 5.20. The fourth-order valence-corrected chi connectivity index (χ4v) is 3.26. The van der Waals surface area contributed by atoms with E-state index in [1.165, 1.54) is 35.9 Å². The number of nitrogens with zero attached hydrogens (tertiary/aromatic N) is 1. The number of aliphatic carboxylic acids is 1. The Hall–Kier alpha value is -3.43. The summed E-state index contributed by atoms with van der Waals surface area (Å²) < 4.78 is 1.20. The molecule has 0 spiro atoms. The summed E-state index contributed by atoms with van der Waals surface area (Å²) in [6, 6.07) is 2.00. The average Bonchev–Trinajstić information content (AvgIpc) is 2.75. The van der Waals surface area contributed by atoms with Gasteiger partial charge in [0.2, 0.25) is 17.7 Å². The van der Waals surface area contributed by atoms with E-state index in [9.17, 15) is 24.0 Å². The van der Waals surface area contributed by atoms with Gasteiger partial charge in [-0.3, -0.25) is 19.2 Å². The summed E-state index contributed by atoms with van der Waals surface area (Å²) in [5.41, 5.74) is -0.572. The predicted octanol–water partition coefficient (Wildman–Crippen LogP) is 1.66. The lowest BCUT2D eigenvalue weighted by atomic mass is 10.00. The molecule has 1 atom stereocenters. The molecule has 4 N–H and O–H groups in total. The van der Waals surface area contributed by atoms with Gasteiger partial charge in [-0.2, -0.15) is 0 Å². The van der Waals surface area contributed by atoms with Crippen molar-refractivity contribution in [2.24, 2.45) is 5.92 Å². The lowest BCUT2D eigenvalue weighted by Crippen LogP contribution is -2.43. The molecule has 0 radical (unpaired) electrons. The predicted molar refractivity (Wildman–Crippen MR) is 125 cm³/mol. The third-order valence-electron chi connectivity index (χ3n) is 5.20. The molecular weight excluding hydrogens is 428 g/mol. The molecule has 182 valence electrons. The molecule has 0 aromatic carbocycles. The molecular formula is C23H34N4O6. The summed E-state index contributed by atoms with van der Waals surface area (Å²) in [6.45, 7) is 5.83. The highest BCUT2D eigenvalue weighted by atomic mass is 16.4. The molecule has 0 aliphatic carbocycles. The van der Waals surface area contributed by atoms with Crippen molar-refractivity contribution in [2.45, 2.75) is 65.5 Å². The van der Waals surface area contributed by atoms with Gasteiger partial charge in [-0.25, -0.2) is 4.79 Å². The number of rotatable bonds is 14. The number of pyridine rings is 1. The van der Waals surface area contributed by atoms with Gasteiger partial charge >= 0.3 is 5.97 Å². The van der Waals surface area contributed by atoms with Crippen LogP contribution in [0.25, 0.3) is 0 Å². The molecule has 0 saturated carbocycles. The van der Waals surface area contributed by atoms with E-state index in [4.69, 9.17) is 5.11 Å². The Balaban J connectivity index is 2.78. The zero-order valence-corrected chi connectivity index (χ0v) is 19.4. The smallest absolute Gasteiger partial charge is 0.327 e. The van der Waals surface area contributed by atoms with E-state index in [2.05, 4.69) is 29.8 Å². The Labute approximate surface area is 193 Å². The van der Waals surface area contributed by atoms with Crippen LogP contribution in [-0.4, -0.2) is 46.0 Å². The van der Waals surface area contributed by atoms with Crippen LogP contribution in [-0.2, 0) is 25.7 Å². The number of allylic oxidation sites excluding steroid dienone is 1. The summed E-state index contributed by atoms with van der Waals surface area (Å²) >= 11 is 0. The van der Waals surface area contributed by atoms with Gasteiger partial charge in [0, 0.05) is 25.7 Å². The molecule has 0 bridgehead atoms. The molecule has 3 amide bonds. The highest BCUT2D eigenvalue weighted by Gasteiger charge is 2.20. The molecule has 0 saturated heterocycles. The van der Waals surface area contributed by atoms with Gasteiger partial charge in [-0.05, 0) is 37.3 Å². The maximum absolute atomic E-state index is 12.7. The minimum absolute atomic E-state index is 0.0243. The first-order valence-corrected chi connectivity index (χ1v) is 11.1. The second-order valence-corrected chi connectivity index (χ2v) is 7.74. The zero-order chi connectivity index (χ0) is 24.8. The van der Waals surface area contributed by atoms with Crippen LogP contribution in [0.3, 0.4) is 0 Å². The quantitative estimate of drug-likeness (QED) is 0.309. The molecule has 1 aromatic rings. The number of hydrogen-bond donors (Lipinski definition) is 4. The fourth-order valence-electron chi connectivity index (χ4n) is 3.26. The molecule has 1 heterocycles. The minimum atomic E-state index is -1.11. The van der Waals surface area contributed by atoms with E-state index in [0.717, 1.165) is 25.3 Å². The van der Waals surface area contributed by atoms with E-state index in [1.54, 1.807) is 0 Å². The summed E-state index contributed by atoms with van der Waals surface area (Å²) in [7, 11) is 0. The van der Waals surface area contributed by atoms with Crippen LogP contribution < -0.4 is 21.5 Å². The van der Waals surface area contributed by atoms with Gasteiger partial charge in [0.25, 0.3) is 5.56 Å². The van der Waals surface area contributed by atoms with Crippen LogP contribution in [0.5, 0.6) is 0 Å². The van der Waals surface area contributed by atoms with Gasteiger partial charge < -0.3 is 25.6 Å². The monoisotopic (exact) mass is 462 g/mol. The number of aromatic nitrogens is 1. The highest BCUT2D eigenvalue weighted by Crippen LogP contribution is 2.11. The first kappa shape index (κ1) is 27.6. The maximum Gasteiger partial charge on any atom is 0.327 e. The van der Waals surface area contributed by atoms with Crippen LogP contribution >= 0.6 is 0 Å². The van der Waals surface area contributed by atoms with E-state index in [1.807, 2.05) is 0 Å². The number of carbonyl (C=O) groups excluding carboxylic acids is 3. The minimum Gasteiger partial charge on any atom is -0.478 e. The number of anilines is 1. The Morgan fingerprint density at radius 3 is 2.45 bits per heavy atom. The normalized spacial score (nSPS) is 11.9. The van der Waals surface area contributed by atoms with Crippen LogP contribution in [0.2, 0.25) is 0 Å². The van der Waals surface area contributed by atoms with Gasteiger partial charge in [0.05, 0.1) is 0 Å². The Morgan fingerprint density at radius 1 is 1.15 bits per heavy atom. The average molecular weight is 463 g/mol. The maximum atomic E-state index is 12.7. The van der Waals surface area contributed by atoms with Crippen molar-refractivity contribution in [1.29, 1.82) is 0 Å². The topological polar surface area (TPSA) is 147 Å². The second-order valence-electron chi connectivity index (χ2n) is 7.74. The molecule has 0 fully saturated rings. The third kappa shape index (κ3) is 10.6. The fraction of sp³-hybridized carbons (Fsp3) is 0.522. The number of carboxylic acid groups (broad SMARTS) is 1. The summed E-state index contributed by atoms with van der Waals surface area (Å²) in [4.78, 5) is 59.6. The van der Waals surface area contributed by atoms with Gasteiger partial charge in [-0.1, -0.05) is 32.8 Å². The standard InChI is InChI=1S/C23H34N4O6/c1-4-17(5-2)12-13-24-20(29)15-27-14-8-10-19(23(27)33)26-22(32)18(25-16(3)28)9-6-7-11-21(30)31/h7-8,10-11,14,17-18H,4-6,9,12-13,15H2,1-3H3,(H,24,29)(H,25,28)(H,26,32)(H,30,31)/b11-7+. The molecule has 0 aliphatic rings. The summed E-state index contributed by atoms with van der Waals surface area (Å²) in [5, 5.41) is 16.4. The molecule has 0 aliphatic heterocycles. The Morgan fingerprint density at radius 2 is 1.85 bits per heavy atom. The lowest BCUT2D eigenvalue weighted by Gasteiger charge is -2.17. The van der Waals surface area contributed by atoms with Crippen molar-refractivity contribution in [3.8, 4) is 0 Å². The molecule has 10 nitrogen and oxygen atoms in total. The van der Waals surface area contributed by atoms with Gasteiger partial charge in [0.15, 0.2) is 0 Å². The van der Waals surface area contributed by atoms with E-state index in [-0.39, 0.29) is 31.0 Å². The molecule has 1 rings (SSSR count). The number of amides is 3. The molecule has 1 unspecified atom stereocenters. The Bertz CT molecular complexity index is 904. The van der Waals surface area contributed by atoms with Crippen molar-refractivity contribution in [3.63, 3.8) is 0 Å². The molecule has 33 heavy (non-hydrogen) atoms. The molecule has 10 heteroatoms. The number of hydrogen-bond acceptors (Lipinski definition) is 5. The lowest BCUT2D eigenvalue weighted by molar-refractivity contribution is -0.131. The second kappa shape index (κ2) is 14.6. The zero-order valence-electron chi connectivity index (χ0n) is 19.4. The van der Waals surface area contributed by atoms with Crippen molar-refractivity contribution in [1.82, 2.24) is 15.2 Å². The largest absolute Gasteiger partial charge is 0.478 e. The van der Waals surface area contributed by atoms with Crippen LogP contribution in [0.1, 0.15) is 52.9 Å².